The fourth-order valence-corrected chi connectivity index (χ4v) is 2.58. The molecule has 0 aliphatic rings. The van der Waals surface area contributed by atoms with Gasteiger partial charge in [-0.2, -0.15) is 16.9 Å². The fourth-order valence-electron chi connectivity index (χ4n) is 1.98. The smallest absolute Gasteiger partial charge is 0.0669 e. The van der Waals surface area contributed by atoms with Crippen LogP contribution in [0.3, 0.4) is 0 Å². The van der Waals surface area contributed by atoms with Gasteiger partial charge in [0.1, 0.15) is 0 Å². The van der Waals surface area contributed by atoms with E-state index in [1.165, 1.54) is 22.7 Å². The van der Waals surface area contributed by atoms with E-state index >= 15 is 0 Å². The number of nitrogens with two attached hydrogens (primary N) is 1. The highest BCUT2D eigenvalue weighted by Gasteiger charge is 2.13. The molecule has 1 rings (SSSR count). The minimum atomic E-state index is 0.618. The molecule has 2 N–H and O–H groups in total. The molecule has 0 aromatic carbocycles. The zero-order valence-corrected chi connectivity index (χ0v) is 11.4. The Morgan fingerprint density at radius 3 is 2.50 bits per heavy atom. The number of rotatable bonds is 7. The molecule has 3 nitrogen and oxygen atoms in total. The first-order chi connectivity index (χ1) is 7.78. The second-order valence-corrected chi connectivity index (χ2v) is 5.10. The summed E-state index contributed by atoms with van der Waals surface area (Å²) >= 11 is 1.96. The number of aryl methyl sites for hydroxylation is 2. The minimum absolute atomic E-state index is 0.618. The summed E-state index contributed by atoms with van der Waals surface area (Å²) in [5.74, 6) is 2.31. The number of thioether (sulfide) groups is 1. The molecule has 0 unspecified atom stereocenters. The maximum atomic E-state index is 5.81. The van der Waals surface area contributed by atoms with Gasteiger partial charge in [0, 0.05) is 23.6 Å². The summed E-state index contributed by atoms with van der Waals surface area (Å²) in [5.41, 5.74) is 9.59. The number of aromatic nitrogens is 2. The monoisotopic (exact) mass is 241 g/mol. The van der Waals surface area contributed by atoms with E-state index < -0.39 is 0 Å². The lowest BCUT2D eigenvalue weighted by molar-refractivity contribution is 0.622. The van der Waals surface area contributed by atoms with Gasteiger partial charge in [-0.15, -0.1) is 0 Å². The van der Waals surface area contributed by atoms with Gasteiger partial charge < -0.3 is 5.73 Å². The number of hydrogen-bond donors (Lipinski definition) is 1. The van der Waals surface area contributed by atoms with Gasteiger partial charge in [-0.25, -0.2) is 0 Å². The van der Waals surface area contributed by atoms with Crippen LogP contribution in [0.2, 0.25) is 0 Å². The predicted molar refractivity (Wildman–Crippen MR) is 71.9 cm³/mol. The van der Waals surface area contributed by atoms with Crippen LogP contribution in [-0.4, -0.2) is 21.3 Å². The van der Waals surface area contributed by atoms with Crippen LogP contribution in [0.25, 0.3) is 0 Å². The molecule has 0 spiro atoms. The molecular formula is C12H23N3S. The quantitative estimate of drug-likeness (QED) is 0.744. The van der Waals surface area contributed by atoms with Crippen molar-refractivity contribution >= 4 is 11.8 Å². The molecule has 0 aliphatic heterocycles. The Labute approximate surface area is 103 Å². The highest BCUT2D eigenvalue weighted by Crippen LogP contribution is 2.16. The molecule has 0 saturated heterocycles. The molecule has 0 bridgehead atoms. The third-order valence-electron chi connectivity index (χ3n) is 2.78. The van der Waals surface area contributed by atoms with Crippen LogP contribution in [0.1, 0.15) is 37.7 Å². The molecule has 1 heterocycles. The Bertz CT molecular complexity index is 320. The molecule has 0 atom stereocenters. The summed E-state index contributed by atoms with van der Waals surface area (Å²) in [6.07, 6.45) is 2.00. The van der Waals surface area contributed by atoms with E-state index in [-0.39, 0.29) is 0 Å². The molecule has 0 aliphatic carbocycles. The summed E-state index contributed by atoms with van der Waals surface area (Å²) < 4.78 is 2.16. The van der Waals surface area contributed by atoms with Gasteiger partial charge in [-0.3, -0.25) is 4.68 Å². The predicted octanol–water partition coefficient (Wildman–Crippen LogP) is 2.22. The van der Waals surface area contributed by atoms with Gasteiger partial charge in [-0.05, 0) is 18.6 Å². The summed E-state index contributed by atoms with van der Waals surface area (Å²) in [6.45, 7) is 8.14. The zero-order chi connectivity index (χ0) is 12.0. The third-order valence-corrected chi connectivity index (χ3v) is 3.65. The van der Waals surface area contributed by atoms with E-state index in [0.29, 0.717) is 6.54 Å². The first kappa shape index (κ1) is 13.6. The topological polar surface area (TPSA) is 43.8 Å². The van der Waals surface area contributed by atoms with Crippen molar-refractivity contribution in [1.29, 1.82) is 0 Å². The largest absolute Gasteiger partial charge is 0.326 e. The van der Waals surface area contributed by atoms with Gasteiger partial charge in [0.25, 0.3) is 0 Å². The maximum Gasteiger partial charge on any atom is 0.0669 e. The Kier molecular flexibility index (Phi) is 5.91. The molecule has 0 fully saturated rings. The van der Waals surface area contributed by atoms with Crippen molar-refractivity contribution in [3.63, 3.8) is 0 Å². The number of hydrogen-bond acceptors (Lipinski definition) is 3. The van der Waals surface area contributed by atoms with Crippen LogP contribution < -0.4 is 5.73 Å². The van der Waals surface area contributed by atoms with E-state index in [9.17, 15) is 0 Å². The Morgan fingerprint density at radius 2 is 2.00 bits per heavy atom. The highest BCUT2D eigenvalue weighted by atomic mass is 32.2. The average molecular weight is 241 g/mol. The Balaban J connectivity index is 2.85. The van der Waals surface area contributed by atoms with Crippen LogP contribution in [0.15, 0.2) is 0 Å². The molecule has 0 radical (unpaired) electrons. The van der Waals surface area contributed by atoms with Gasteiger partial charge in [0.05, 0.1) is 12.2 Å². The molecule has 1 aromatic rings. The lowest BCUT2D eigenvalue weighted by atomic mass is 10.1. The van der Waals surface area contributed by atoms with Crippen LogP contribution >= 0.6 is 11.8 Å². The lowest BCUT2D eigenvalue weighted by Gasteiger charge is -2.06. The molecule has 16 heavy (non-hydrogen) atoms. The van der Waals surface area contributed by atoms with Crippen LogP contribution in [-0.2, 0) is 25.9 Å². The van der Waals surface area contributed by atoms with Crippen molar-refractivity contribution in [3.8, 4) is 0 Å². The van der Waals surface area contributed by atoms with Gasteiger partial charge in [0.2, 0.25) is 0 Å². The molecule has 4 heteroatoms. The van der Waals surface area contributed by atoms with Crippen molar-refractivity contribution in [1.82, 2.24) is 9.78 Å². The second kappa shape index (κ2) is 6.97. The first-order valence-corrected chi connectivity index (χ1v) is 7.29. The average Bonchev–Trinajstić information content (AvgIpc) is 2.66. The van der Waals surface area contributed by atoms with Crippen molar-refractivity contribution in [2.24, 2.45) is 5.73 Å². The first-order valence-electron chi connectivity index (χ1n) is 6.13. The molecule has 1 aromatic heterocycles. The summed E-state index contributed by atoms with van der Waals surface area (Å²) in [5, 5.41) is 4.67. The van der Waals surface area contributed by atoms with E-state index in [1.807, 2.05) is 11.8 Å². The minimum Gasteiger partial charge on any atom is -0.326 e. The summed E-state index contributed by atoms with van der Waals surface area (Å²) in [7, 11) is 0. The standard InChI is InChI=1S/C12H23N3S/c1-4-11-10(9-13)12(5-2)15(14-11)7-8-16-6-3/h4-9,13H2,1-3H3. The highest BCUT2D eigenvalue weighted by molar-refractivity contribution is 7.99. The summed E-state index contributed by atoms with van der Waals surface area (Å²) in [4.78, 5) is 0. The van der Waals surface area contributed by atoms with Crippen molar-refractivity contribution in [2.75, 3.05) is 11.5 Å². The third kappa shape index (κ3) is 3.01. The molecular weight excluding hydrogens is 218 g/mol. The normalized spacial score (nSPS) is 11.0. The molecule has 92 valence electrons. The zero-order valence-electron chi connectivity index (χ0n) is 10.6. The molecule has 0 amide bonds. The fraction of sp³-hybridized carbons (Fsp3) is 0.750. The van der Waals surface area contributed by atoms with Gasteiger partial charge in [-0.1, -0.05) is 20.8 Å². The van der Waals surface area contributed by atoms with Gasteiger partial charge >= 0.3 is 0 Å². The lowest BCUT2D eigenvalue weighted by Crippen LogP contribution is -2.08. The van der Waals surface area contributed by atoms with Crippen LogP contribution in [0.5, 0.6) is 0 Å². The van der Waals surface area contributed by atoms with Crippen LogP contribution in [0.4, 0.5) is 0 Å². The summed E-state index contributed by atoms with van der Waals surface area (Å²) in [6, 6.07) is 0. The van der Waals surface area contributed by atoms with E-state index in [4.69, 9.17) is 5.73 Å². The van der Waals surface area contributed by atoms with E-state index in [0.717, 1.165) is 25.1 Å². The van der Waals surface area contributed by atoms with Crippen molar-refractivity contribution < 1.29 is 0 Å². The van der Waals surface area contributed by atoms with Crippen molar-refractivity contribution in [2.45, 2.75) is 46.7 Å². The second-order valence-electron chi connectivity index (χ2n) is 3.70. The van der Waals surface area contributed by atoms with E-state index in [1.54, 1.807) is 0 Å². The Morgan fingerprint density at radius 1 is 1.25 bits per heavy atom. The van der Waals surface area contributed by atoms with Gasteiger partial charge in [0.15, 0.2) is 0 Å². The molecule has 0 saturated carbocycles. The SMILES string of the molecule is CCSCCn1nc(CC)c(CN)c1CC. The van der Waals surface area contributed by atoms with Crippen molar-refractivity contribution in [3.05, 3.63) is 17.0 Å². The van der Waals surface area contributed by atoms with E-state index in [2.05, 4.69) is 30.6 Å². The Hall–Kier alpha value is -0.480. The maximum absolute atomic E-state index is 5.81. The van der Waals surface area contributed by atoms with Crippen LogP contribution in [0, 0.1) is 0 Å². The number of nitrogens with zero attached hydrogens (tertiary/aromatic N) is 2.